The maximum absolute atomic E-state index is 11.5. The Hall–Kier alpha value is 0.0200. The minimum absolute atomic E-state index is 0. The first-order valence-electron chi connectivity index (χ1n) is 4.41. The van der Waals surface area contributed by atoms with Crippen molar-refractivity contribution in [3.05, 3.63) is 0 Å². The summed E-state index contributed by atoms with van der Waals surface area (Å²) in [4.78, 5) is 0. The Balaban J connectivity index is 0.000000253. The van der Waals surface area contributed by atoms with Crippen LogP contribution in [-0.2, 0) is 9.84 Å². The number of nitrogens with one attached hydrogen (secondary N) is 2. The van der Waals surface area contributed by atoms with Gasteiger partial charge in [0.15, 0.2) is 9.84 Å². The standard InChI is InChI=1S/C4H9NO2S.C3H5F2N.ClH/c6-8(7)3-1-5-2-4-8;4-3(5)1-6-2-3;/h5H,1-4H2;6H,1-2H2;1H. The number of hydrogen-bond acceptors (Lipinski definition) is 4. The molecule has 2 rings (SSSR count). The van der Waals surface area contributed by atoms with E-state index >= 15 is 0 Å². The second kappa shape index (κ2) is 5.93. The highest BCUT2D eigenvalue weighted by molar-refractivity contribution is 7.91. The van der Waals surface area contributed by atoms with E-state index < -0.39 is 15.8 Å². The third kappa shape index (κ3) is 6.24. The predicted molar refractivity (Wildman–Crippen MR) is 56.6 cm³/mol. The molecule has 0 unspecified atom stereocenters. The van der Waals surface area contributed by atoms with Crippen LogP contribution in [0.25, 0.3) is 0 Å². The molecule has 2 saturated heterocycles. The summed E-state index contributed by atoms with van der Waals surface area (Å²) in [7, 11) is -2.65. The summed E-state index contributed by atoms with van der Waals surface area (Å²) in [6.45, 7) is 0.991. The minimum atomic E-state index is -2.65. The van der Waals surface area contributed by atoms with Gasteiger partial charge in [-0.25, -0.2) is 17.2 Å². The number of rotatable bonds is 0. The molecule has 15 heavy (non-hydrogen) atoms. The molecule has 92 valence electrons. The summed E-state index contributed by atoms with van der Waals surface area (Å²) in [6.07, 6.45) is 0. The van der Waals surface area contributed by atoms with Crippen LogP contribution in [0.1, 0.15) is 0 Å². The Kier molecular flexibility index (Phi) is 5.94. The number of hydrogen-bond donors (Lipinski definition) is 2. The lowest BCUT2D eigenvalue weighted by Gasteiger charge is -2.25. The zero-order chi connectivity index (χ0) is 10.7. The average molecular weight is 265 g/mol. The normalized spacial score (nSPS) is 26.3. The molecule has 0 aromatic rings. The van der Waals surface area contributed by atoms with Crippen molar-refractivity contribution in [3.63, 3.8) is 0 Å². The highest BCUT2D eigenvalue weighted by atomic mass is 35.5. The number of alkyl halides is 2. The van der Waals surface area contributed by atoms with Crippen LogP contribution in [0.4, 0.5) is 8.78 Å². The molecule has 0 saturated carbocycles. The summed E-state index contributed by atoms with van der Waals surface area (Å²) in [6, 6.07) is 0. The molecule has 2 N–H and O–H groups in total. The summed E-state index contributed by atoms with van der Waals surface area (Å²) >= 11 is 0. The molecular formula is C7H15ClF2N2O2S. The maximum atomic E-state index is 11.5. The Morgan fingerprint density at radius 1 is 1.00 bits per heavy atom. The van der Waals surface area contributed by atoms with Crippen LogP contribution in [0.2, 0.25) is 0 Å². The highest BCUT2D eigenvalue weighted by Gasteiger charge is 2.36. The van der Waals surface area contributed by atoms with Gasteiger partial charge in [0.25, 0.3) is 5.92 Å². The molecule has 2 aliphatic heterocycles. The molecule has 2 fully saturated rings. The van der Waals surface area contributed by atoms with E-state index in [-0.39, 0.29) is 25.5 Å². The molecule has 8 heteroatoms. The number of sulfone groups is 1. The van der Waals surface area contributed by atoms with E-state index in [0.717, 1.165) is 0 Å². The van der Waals surface area contributed by atoms with E-state index in [0.29, 0.717) is 24.6 Å². The van der Waals surface area contributed by atoms with Gasteiger partial charge in [-0.3, -0.25) is 0 Å². The van der Waals surface area contributed by atoms with Gasteiger partial charge in [0, 0.05) is 13.1 Å². The van der Waals surface area contributed by atoms with E-state index in [1.807, 2.05) is 0 Å². The quantitative estimate of drug-likeness (QED) is 0.628. The molecular weight excluding hydrogens is 250 g/mol. The first-order valence-corrected chi connectivity index (χ1v) is 6.23. The first-order chi connectivity index (χ1) is 6.41. The summed E-state index contributed by atoms with van der Waals surface area (Å²) in [5, 5.41) is 5.41. The van der Waals surface area contributed by atoms with Gasteiger partial charge >= 0.3 is 0 Å². The monoisotopic (exact) mass is 264 g/mol. The van der Waals surface area contributed by atoms with Crippen molar-refractivity contribution in [2.45, 2.75) is 5.92 Å². The Morgan fingerprint density at radius 3 is 1.53 bits per heavy atom. The van der Waals surface area contributed by atoms with Gasteiger partial charge in [0.1, 0.15) is 0 Å². The summed E-state index contributed by atoms with van der Waals surface area (Å²) in [5.41, 5.74) is 0. The maximum Gasteiger partial charge on any atom is 0.272 e. The van der Waals surface area contributed by atoms with Crippen molar-refractivity contribution in [3.8, 4) is 0 Å². The fourth-order valence-corrected chi connectivity index (χ4v) is 2.11. The minimum Gasteiger partial charge on any atom is -0.315 e. The van der Waals surface area contributed by atoms with E-state index in [1.54, 1.807) is 0 Å². The van der Waals surface area contributed by atoms with Crippen molar-refractivity contribution in [2.75, 3.05) is 37.7 Å². The van der Waals surface area contributed by atoms with Crippen molar-refractivity contribution < 1.29 is 17.2 Å². The van der Waals surface area contributed by atoms with Crippen LogP contribution < -0.4 is 10.6 Å². The molecule has 0 aliphatic carbocycles. The molecule has 0 aromatic carbocycles. The smallest absolute Gasteiger partial charge is 0.272 e. The van der Waals surface area contributed by atoms with Crippen LogP contribution in [-0.4, -0.2) is 52.0 Å². The molecule has 2 aliphatic rings. The fourth-order valence-electron chi connectivity index (χ4n) is 0.996. The van der Waals surface area contributed by atoms with Crippen molar-refractivity contribution in [1.29, 1.82) is 0 Å². The zero-order valence-electron chi connectivity index (χ0n) is 8.13. The first kappa shape index (κ1) is 15.0. The van der Waals surface area contributed by atoms with Crippen LogP contribution in [0.15, 0.2) is 0 Å². The Labute approximate surface area is 94.1 Å². The van der Waals surface area contributed by atoms with Gasteiger partial charge in [0.05, 0.1) is 24.6 Å². The molecule has 0 spiro atoms. The fraction of sp³-hybridized carbons (Fsp3) is 1.00. The van der Waals surface area contributed by atoms with Gasteiger partial charge in [0.2, 0.25) is 0 Å². The van der Waals surface area contributed by atoms with Crippen molar-refractivity contribution >= 4 is 22.2 Å². The van der Waals surface area contributed by atoms with E-state index in [1.165, 1.54) is 0 Å². The third-order valence-corrected chi connectivity index (χ3v) is 3.60. The van der Waals surface area contributed by atoms with E-state index in [4.69, 9.17) is 0 Å². The van der Waals surface area contributed by atoms with Crippen LogP contribution >= 0.6 is 12.4 Å². The van der Waals surface area contributed by atoms with Crippen LogP contribution in [0, 0.1) is 0 Å². The van der Waals surface area contributed by atoms with Crippen LogP contribution in [0.3, 0.4) is 0 Å². The van der Waals surface area contributed by atoms with E-state index in [9.17, 15) is 17.2 Å². The average Bonchev–Trinajstić information content (AvgIpc) is 2.02. The van der Waals surface area contributed by atoms with Gasteiger partial charge in [-0.05, 0) is 0 Å². The van der Waals surface area contributed by atoms with Gasteiger partial charge in [-0.1, -0.05) is 0 Å². The molecule has 0 aromatic heterocycles. The zero-order valence-corrected chi connectivity index (χ0v) is 9.76. The number of halogens is 3. The highest BCUT2D eigenvalue weighted by Crippen LogP contribution is 2.16. The SMILES string of the molecule is Cl.FC1(F)CNC1.O=S1(=O)CCNCC1. The largest absolute Gasteiger partial charge is 0.315 e. The van der Waals surface area contributed by atoms with Crippen molar-refractivity contribution in [2.24, 2.45) is 0 Å². The molecule has 0 atom stereocenters. The molecule has 0 radical (unpaired) electrons. The predicted octanol–water partition coefficient (Wildman–Crippen LogP) is -0.349. The third-order valence-electron chi connectivity index (χ3n) is 1.95. The topological polar surface area (TPSA) is 58.2 Å². The van der Waals surface area contributed by atoms with Crippen molar-refractivity contribution in [1.82, 2.24) is 10.6 Å². The second-order valence-electron chi connectivity index (χ2n) is 3.36. The van der Waals surface area contributed by atoms with Gasteiger partial charge in [-0.2, -0.15) is 0 Å². The Morgan fingerprint density at radius 2 is 1.40 bits per heavy atom. The Bertz CT molecular complexity index is 267. The molecule has 0 bridgehead atoms. The summed E-state index contributed by atoms with van der Waals surface area (Å²) in [5.74, 6) is -1.76. The second-order valence-corrected chi connectivity index (χ2v) is 5.66. The lowest BCUT2D eigenvalue weighted by atomic mass is 10.2. The van der Waals surface area contributed by atoms with Crippen LogP contribution in [0.5, 0.6) is 0 Å². The van der Waals surface area contributed by atoms with Gasteiger partial charge in [-0.15, -0.1) is 12.4 Å². The van der Waals surface area contributed by atoms with Gasteiger partial charge < -0.3 is 10.6 Å². The summed E-state index contributed by atoms with van der Waals surface area (Å²) < 4.78 is 44.2. The lowest BCUT2D eigenvalue weighted by molar-refractivity contribution is -0.0475. The van der Waals surface area contributed by atoms with E-state index in [2.05, 4.69) is 10.6 Å². The molecule has 0 amide bonds. The molecule has 2 heterocycles. The lowest BCUT2D eigenvalue weighted by Crippen LogP contribution is -2.52. The molecule has 4 nitrogen and oxygen atoms in total.